The maximum atomic E-state index is 9.63. The monoisotopic (exact) mass is 190 g/mol. The van der Waals surface area contributed by atoms with Crippen LogP contribution in [-0.2, 0) is 0 Å². The molecule has 1 aromatic rings. The third-order valence-corrected chi connectivity index (χ3v) is 3.39. The summed E-state index contributed by atoms with van der Waals surface area (Å²) in [5, 5.41) is 9.63. The highest BCUT2D eigenvalue weighted by Crippen LogP contribution is 2.36. The summed E-state index contributed by atoms with van der Waals surface area (Å²) in [5.41, 5.74) is 2.45. The third kappa shape index (κ3) is 1.77. The van der Waals surface area contributed by atoms with Gasteiger partial charge in [0, 0.05) is 0 Å². The smallest absolute Gasteiger partial charge is 0.118 e. The fourth-order valence-electron chi connectivity index (χ4n) is 2.50. The van der Waals surface area contributed by atoms with Crippen molar-refractivity contribution in [3.05, 3.63) is 29.3 Å². The zero-order valence-electron chi connectivity index (χ0n) is 8.79. The molecule has 1 fully saturated rings. The average Bonchev–Trinajstić information content (AvgIpc) is 2.23. The van der Waals surface area contributed by atoms with Crippen LogP contribution in [0.1, 0.15) is 49.1 Å². The summed E-state index contributed by atoms with van der Waals surface area (Å²) in [6, 6.07) is 5.92. The molecule has 1 saturated carbocycles. The quantitative estimate of drug-likeness (QED) is 0.715. The molecular weight excluding hydrogens is 172 g/mol. The van der Waals surface area contributed by atoms with Gasteiger partial charge >= 0.3 is 0 Å². The van der Waals surface area contributed by atoms with Crippen molar-refractivity contribution in [1.82, 2.24) is 0 Å². The summed E-state index contributed by atoms with van der Waals surface area (Å²) in [6.07, 6.45) is 6.67. The van der Waals surface area contributed by atoms with Crippen molar-refractivity contribution in [2.45, 2.75) is 44.9 Å². The number of rotatable bonds is 1. The van der Waals surface area contributed by atoms with E-state index in [0.29, 0.717) is 11.7 Å². The van der Waals surface area contributed by atoms with Gasteiger partial charge in [-0.05, 0) is 42.9 Å². The zero-order chi connectivity index (χ0) is 9.97. The second-order valence-electron chi connectivity index (χ2n) is 4.33. The van der Waals surface area contributed by atoms with Gasteiger partial charge in [0.2, 0.25) is 0 Å². The summed E-state index contributed by atoms with van der Waals surface area (Å²) < 4.78 is 0. The van der Waals surface area contributed by atoms with Crippen LogP contribution in [0.3, 0.4) is 0 Å². The number of phenolic OH excluding ortho intramolecular Hbond substituents is 1. The molecule has 0 aromatic heterocycles. The minimum atomic E-state index is 0.452. The molecule has 0 unspecified atom stereocenters. The minimum absolute atomic E-state index is 0.452. The van der Waals surface area contributed by atoms with E-state index >= 15 is 0 Å². The topological polar surface area (TPSA) is 20.2 Å². The molecule has 14 heavy (non-hydrogen) atoms. The first-order valence-corrected chi connectivity index (χ1v) is 5.57. The molecule has 0 aliphatic heterocycles. The van der Waals surface area contributed by atoms with Gasteiger partial charge in [-0.3, -0.25) is 0 Å². The van der Waals surface area contributed by atoms with Crippen molar-refractivity contribution in [1.29, 1.82) is 0 Å². The molecule has 1 aliphatic carbocycles. The molecule has 2 rings (SSSR count). The molecule has 0 amide bonds. The Balaban J connectivity index is 2.26. The molecular formula is C13H18O. The Morgan fingerprint density at radius 2 is 1.86 bits per heavy atom. The number of aromatic hydroxyl groups is 1. The standard InChI is InChI=1S/C13H18O/c1-10-12(8-5-9-13(10)14)11-6-3-2-4-7-11/h5,8-9,11,14H,2-4,6-7H2,1H3. The molecule has 1 aromatic carbocycles. The van der Waals surface area contributed by atoms with Crippen LogP contribution in [-0.4, -0.2) is 5.11 Å². The highest BCUT2D eigenvalue weighted by Gasteiger charge is 2.17. The van der Waals surface area contributed by atoms with Gasteiger partial charge in [0.05, 0.1) is 0 Å². The van der Waals surface area contributed by atoms with E-state index in [1.807, 2.05) is 13.0 Å². The Labute approximate surface area is 85.8 Å². The Hall–Kier alpha value is -0.980. The molecule has 1 nitrogen and oxygen atoms in total. The molecule has 0 radical (unpaired) electrons. The van der Waals surface area contributed by atoms with E-state index in [1.165, 1.54) is 37.7 Å². The van der Waals surface area contributed by atoms with E-state index in [1.54, 1.807) is 6.07 Å². The highest BCUT2D eigenvalue weighted by atomic mass is 16.3. The first-order chi connectivity index (χ1) is 6.79. The van der Waals surface area contributed by atoms with E-state index in [9.17, 15) is 5.11 Å². The van der Waals surface area contributed by atoms with Crippen LogP contribution in [0.5, 0.6) is 5.75 Å². The third-order valence-electron chi connectivity index (χ3n) is 3.39. The lowest BCUT2D eigenvalue weighted by Gasteiger charge is -2.23. The summed E-state index contributed by atoms with van der Waals surface area (Å²) in [6.45, 7) is 2.03. The van der Waals surface area contributed by atoms with Gasteiger partial charge in [-0.2, -0.15) is 0 Å². The van der Waals surface area contributed by atoms with Crippen molar-refractivity contribution in [3.8, 4) is 5.75 Å². The van der Waals surface area contributed by atoms with Crippen LogP contribution in [0.2, 0.25) is 0 Å². The Kier molecular flexibility index (Phi) is 2.76. The molecule has 0 saturated heterocycles. The van der Waals surface area contributed by atoms with Gasteiger partial charge in [-0.25, -0.2) is 0 Å². The lowest BCUT2D eigenvalue weighted by molar-refractivity contribution is 0.435. The fourth-order valence-corrected chi connectivity index (χ4v) is 2.50. The van der Waals surface area contributed by atoms with Crippen LogP contribution in [0, 0.1) is 6.92 Å². The fraction of sp³-hybridized carbons (Fsp3) is 0.538. The van der Waals surface area contributed by atoms with Crippen LogP contribution in [0.25, 0.3) is 0 Å². The maximum absolute atomic E-state index is 9.63. The van der Waals surface area contributed by atoms with Gasteiger partial charge in [0.15, 0.2) is 0 Å². The Bertz CT molecular complexity index is 311. The predicted molar refractivity (Wildman–Crippen MR) is 58.7 cm³/mol. The Morgan fingerprint density at radius 1 is 1.14 bits per heavy atom. The average molecular weight is 190 g/mol. The SMILES string of the molecule is Cc1c(O)cccc1C1CCCCC1. The van der Waals surface area contributed by atoms with Crippen LogP contribution in [0.15, 0.2) is 18.2 Å². The molecule has 1 aliphatic rings. The normalized spacial score (nSPS) is 18.4. The second-order valence-corrected chi connectivity index (χ2v) is 4.33. The first kappa shape index (κ1) is 9.57. The summed E-state index contributed by atoms with van der Waals surface area (Å²) in [5.74, 6) is 1.14. The number of hydrogen-bond donors (Lipinski definition) is 1. The molecule has 1 N–H and O–H groups in total. The summed E-state index contributed by atoms with van der Waals surface area (Å²) >= 11 is 0. The summed E-state index contributed by atoms with van der Waals surface area (Å²) in [7, 11) is 0. The summed E-state index contributed by atoms with van der Waals surface area (Å²) in [4.78, 5) is 0. The van der Waals surface area contributed by atoms with Gasteiger partial charge in [-0.15, -0.1) is 0 Å². The Morgan fingerprint density at radius 3 is 2.57 bits per heavy atom. The van der Waals surface area contributed by atoms with Crippen molar-refractivity contribution in [2.75, 3.05) is 0 Å². The van der Waals surface area contributed by atoms with E-state index in [4.69, 9.17) is 0 Å². The van der Waals surface area contributed by atoms with Crippen LogP contribution < -0.4 is 0 Å². The first-order valence-electron chi connectivity index (χ1n) is 5.57. The van der Waals surface area contributed by atoms with Crippen LogP contribution in [0.4, 0.5) is 0 Å². The van der Waals surface area contributed by atoms with E-state index in [-0.39, 0.29) is 0 Å². The van der Waals surface area contributed by atoms with Crippen molar-refractivity contribution >= 4 is 0 Å². The van der Waals surface area contributed by atoms with E-state index in [0.717, 1.165) is 5.56 Å². The van der Waals surface area contributed by atoms with Crippen LogP contribution >= 0.6 is 0 Å². The van der Waals surface area contributed by atoms with Gasteiger partial charge in [0.25, 0.3) is 0 Å². The lowest BCUT2D eigenvalue weighted by Crippen LogP contribution is -2.05. The van der Waals surface area contributed by atoms with Gasteiger partial charge in [-0.1, -0.05) is 31.4 Å². The predicted octanol–water partition coefficient (Wildman–Crippen LogP) is 3.75. The number of benzene rings is 1. The number of hydrogen-bond acceptors (Lipinski definition) is 1. The molecule has 76 valence electrons. The number of phenols is 1. The highest BCUT2D eigenvalue weighted by molar-refractivity contribution is 5.40. The molecule has 0 heterocycles. The lowest BCUT2D eigenvalue weighted by atomic mass is 9.82. The largest absolute Gasteiger partial charge is 0.508 e. The molecule has 0 atom stereocenters. The molecule has 0 spiro atoms. The van der Waals surface area contributed by atoms with Crippen molar-refractivity contribution in [3.63, 3.8) is 0 Å². The van der Waals surface area contributed by atoms with Gasteiger partial charge < -0.3 is 5.11 Å². The minimum Gasteiger partial charge on any atom is -0.508 e. The van der Waals surface area contributed by atoms with Crippen molar-refractivity contribution < 1.29 is 5.11 Å². The zero-order valence-corrected chi connectivity index (χ0v) is 8.79. The molecule has 1 heteroatoms. The van der Waals surface area contributed by atoms with Crippen molar-refractivity contribution in [2.24, 2.45) is 0 Å². The van der Waals surface area contributed by atoms with E-state index < -0.39 is 0 Å². The molecule has 0 bridgehead atoms. The van der Waals surface area contributed by atoms with E-state index in [2.05, 4.69) is 6.07 Å². The second kappa shape index (κ2) is 4.04. The van der Waals surface area contributed by atoms with Gasteiger partial charge in [0.1, 0.15) is 5.75 Å². The maximum Gasteiger partial charge on any atom is 0.118 e.